The number of carboxylic acid groups (broad SMARTS) is 1. The zero-order valence-corrected chi connectivity index (χ0v) is 38.6. The number of likely N-dealkylation sites (tertiary alicyclic amines) is 1. The Morgan fingerprint density at radius 2 is 1.16 bits per heavy atom. The van der Waals surface area contributed by atoms with Gasteiger partial charge in [0, 0.05) is 13.0 Å². The third-order valence-electron chi connectivity index (χ3n) is 10.7. The molecule has 9 amide bonds. The highest BCUT2D eigenvalue weighted by Crippen LogP contribution is 2.22. The number of carboxylic acids is 1. The topological polar surface area (TPSA) is 330 Å². The van der Waals surface area contributed by atoms with E-state index in [1.54, 1.807) is 34.6 Å². The predicted molar refractivity (Wildman–Crippen MR) is 232 cm³/mol. The van der Waals surface area contributed by atoms with Crippen LogP contribution in [0.25, 0.3) is 0 Å². The lowest BCUT2D eigenvalue weighted by atomic mass is 9.95. The van der Waals surface area contributed by atoms with Crippen LogP contribution in [0.4, 0.5) is 0 Å². The number of nitrogens with one attached hydrogen (secondary N) is 7. The molecule has 0 spiro atoms. The summed E-state index contributed by atoms with van der Waals surface area (Å²) < 4.78 is 0. The van der Waals surface area contributed by atoms with Crippen molar-refractivity contribution in [3.8, 4) is 0 Å². The Kier molecular flexibility index (Phi) is 23.8. The quantitative estimate of drug-likeness (QED) is 0.0463. The number of nitrogens with zero attached hydrogens (tertiary/aromatic N) is 1. The first-order valence-electron chi connectivity index (χ1n) is 21.9. The SMILES string of the molecule is CC[C@H](C)[C@H](NC(=O)[C@H](CC(C)C)NC(=O)[C@@H]1CCCN1C(=O)[C@@H](NC(=O)[C@H](CCC(N)=O)NC(=O)CNC(=O)[C@H](CC(C)C)NC(=O)CN)C(C)C)C(=O)N[C@H](C(=O)O)C(C)C. The molecular formula is C42H74N10O11. The lowest BCUT2D eigenvalue weighted by Crippen LogP contribution is -2.61. The van der Waals surface area contributed by atoms with Crippen molar-refractivity contribution in [2.24, 2.45) is 41.1 Å². The summed E-state index contributed by atoms with van der Waals surface area (Å²) in [6.45, 7) is 16.8. The Hall–Kier alpha value is -5.34. The van der Waals surface area contributed by atoms with E-state index >= 15 is 0 Å². The monoisotopic (exact) mass is 895 g/mol. The average molecular weight is 895 g/mol. The van der Waals surface area contributed by atoms with Crippen LogP contribution in [0.15, 0.2) is 0 Å². The van der Waals surface area contributed by atoms with E-state index in [4.69, 9.17) is 11.5 Å². The van der Waals surface area contributed by atoms with E-state index in [0.29, 0.717) is 12.8 Å². The van der Waals surface area contributed by atoms with E-state index in [0.717, 1.165) is 0 Å². The van der Waals surface area contributed by atoms with Crippen LogP contribution in [-0.4, -0.2) is 131 Å². The van der Waals surface area contributed by atoms with Gasteiger partial charge in [0.15, 0.2) is 0 Å². The number of primary amides is 1. The van der Waals surface area contributed by atoms with Crippen molar-refractivity contribution in [2.75, 3.05) is 19.6 Å². The smallest absolute Gasteiger partial charge is 0.326 e. The van der Waals surface area contributed by atoms with Crippen LogP contribution in [0.3, 0.4) is 0 Å². The van der Waals surface area contributed by atoms with Crippen LogP contribution in [0.2, 0.25) is 0 Å². The van der Waals surface area contributed by atoms with Gasteiger partial charge in [0.2, 0.25) is 53.2 Å². The third-order valence-corrected chi connectivity index (χ3v) is 10.7. The number of hydrogen-bond acceptors (Lipinski definition) is 11. The Morgan fingerprint density at radius 3 is 1.65 bits per heavy atom. The molecule has 63 heavy (non-hydrogen) atoms. The molecule has 0 aliphatic carbocycles. The fourth-order valence-corrected chi connectivity index (χ4v) is 6.98. The molecule has 0 radical (unpaired) electrons. The van der Waals surface area contributed by atoms with Gasteiger partial charge in [-0.15, -0.1) is 0 Å². The molecule has 1 aliphatic heterocycles. The summed E-state index contributed by atoms with van der Waals surface area (Å²) >= 11 is 0. The number of aliphatic carboxylic acids is 1. The molecule has 1 aliphatic rings. The number of hydrogen-bond donors (Lipinski definition) is 10. The molecule has 358 valence electrons. The van der Waals surface area contributed by atoms with Crippen LogP contribution in [0.1, 0.15) is 114 Å². The molecule has 1 rings (SSSR count). The fraction of sp³-hybridized carbons (Fsp3) is 0.762. The number of nitrogens with two attached hydrogens (primary N) is 2. The first-order valence-corrected chi connectivity index (χ1v) is 21.9. The second-order valence-electron chi connectivity index (χ2n) is 17.8. The molecule has 0 aromatic rings. The predicted octanol–water partition coefficient (Wildman–Crippen LogP) is -1.24. The molecule has 1 saturated heterocycles. The van der Waals surface area contributed by atoms with Crippen molar-refractivity contribution < 1.29 is 53.1 Å². The standard InChI is InChI=1S/C42H74N10O11/c1-11-25(10)35(40(60)50-34(24(8)9)42(62)63)51-38(58)28(18-22(4)5)48-39(59)29-13-12-16-52(29)41(61)33(23(6)7)49-37(57)26(14-15-30(44)53)46-32(55)20-45-36(56)27(17-21(2)3)47-31(54)19-43/h21-29,33-35H,11-20,43H2,1-10H3,(H2,44,53)(H,45,56)(H,46,55)(H,47,54)(H,48,59)(H,49,57)(H,50,60)(H,51,58)(H,62,63)/t25-,26-,27-,28-,29-,33-,34-,35-/m0/s1. The minimum absolute atomic E-state index is 0.00508. The summed E-state index contributed by atoms with van der Waals surface area (Å²) in [7, 11) is 0. The Labute approximate surface area is 370 Å². The van der Waals surface area contributed by atoms with Crippen molar-refractivity contribution in [3.05, 3.63) is 0 Å². The number of carbonyl (C=O) groups excluding carboxylic acids is 9. The van der Waals surface area contributed by atoms with Gasteiger partial charge in [-0.3, -0.25) is 43.2 Å². The third kappa shape index (κ3) is 18.9. The van der Waals surface area contributed by atoms with Crippen LogP contribution in [0, 0.1) is 29.6 Å². The summed E-state index contributed by atoms with van der Waals surface area (Å²) in [5, 5.41) is 27.7. The first kappa shape index (κ1) is 55.7. The molecule has 21 nitrogen and oxygen atoms in total. The van der Waals surface area contributed by atoms with E-state index in [1.807, 2.05) is 34.6 Å². The van der Waals surface area contributed by atoms with Crippen molar-refractivity contribution in [3.63, 3.8) is 0 Å². The molecule has 12 N–H and O–H groups in total. The Morgan fingerprint density at radius 1 is 0.651 bits per heavy atom. The van der Waals surface area contributed by atoms with Gasteiger partial charge in [-0.2, -0.15) is 0 Å². The van der Waals surface area contributed by atoms with Crippen LogP contribution >= 0.6 is 0 Å². The van der Waals surface area contributed by atoms with Crippen LogP contribution < -0.4 is 48.7 Å². The van der Waals surface area contributed by atoms with Gasteiger partial charge in [0.1, 0.15) is 42.3 Å². The summed E-state index contributed by atoms with van der Waals surface area (Å²) in [5.41, 5.74) is 10.7. The molecule has 8 atom stereocenters. The van der Waals surface area contributed by atoms with Gasteiger partial charge >= 0.3 is 5.97 Å². The van der Waals surface area contributed by atoms with Gasteiger partial charge in [-0.05, 0) is 61.7 Å². The summed E-state index contributed by atoms with van der Waals surface area (Å²) in [6.07, 6.45) is 1.02. The molecule has 21 heteroatoms. The van der Waals surface area contributed by atoms with Crippen molar-refractivity contribution >= 4 is 59.1 Å². The van der Waals surface area contributed by atoms with Crippen molar-refractivity contribution in [2.45, 2.75) is 156 Å². The van der Waals surface area contributed by atoms with Crippen LogP contribution in [-0.2, 0) is 47.9 Å². The highest BCUT2D eigenvalue weighted by Gasteiger charge is 2.41. The molecule has 0 unspecified atom stereocenters. The molecule has 0 saturated carbocycles. The van der Waals surface area contributed by atoms with Gasteiger partial charge < -0.3 is 58.7 Å². The highest BCUT2D eigenvalue weighted by atomic mass is 16.4. The zero-order valence-electron chi connectivity index (χ0n) is 38.6. The maximum atomic E-state index is 14.2. The van der Waals surface area contributed by atoms with E-state index in [1.165, 1.54) is 4.90 Å². The molecule has 0 bridgehead atoms. The normalized spacial score (nSPS) is 17.1. The van der Waals surface area contributed by atoms with E-state index in [2.05, 4.69) is 37.2 Å². The van der Waals surface area contributed by atoms with Crippen LogP contribution in [0.5, 0.6) is 0 Å². The van der Waals surface area contributed by atoms with E-state index in [9.17, 15) is 53.1 Å². The maximum absolute atomic E-state index is 14.2. The van der Waals surface area contributed by atoms with Gasteiger partial charge in [-0.25, -0.2) is 4.79 Å². The molecule has 0 aromatic carbocycles. The highest BCUT2D eigenvalue weighted by molar-refractivity contribution is 5.98. The lowest BCUT2D eigenvalue weighted by molar-refractivity contribution is -0.144. The number of amides is 9. The second-order valence-corrected chi connectivity index (χ2v) is 17.8. The minimum atomic E-state index is -1.37. The first-order chi connectivity index (χ1) is 29.3. The second kappa shape index (κ2) is 27.0. The summed E-state index contributed by atoms with van der Waals surface area (Å²) in [6, 6.07) is -8.00. The van der Waals surface area contributed by atoms with E-state index in [-0.39, 0.29) is 57.0 Å². The van der Waals surface area contributed by atoms with Crippen molar-refractivity contribution in [1.82, 2.24) is 42.1 Å². The van der Waals surface area contributed by atoms with Gasteiger partial charge in [0.05, 0.1) is 13.1 Å². The minimum Gasteiger partial charge on any atom is -0.480 e. The number of carbonyl (C=O) groups is 10. The molecule has 1 fully saturated rings. The lowest BCUT2D eigenvalue weighted by Gasteiger charge is -2.33. The molecule has 1 heterocycles. The molecule has 0 aromatic heterocycles. The average Bonchev–Trinajstić information content (AvgIpc) is 3.70. The van der Waals surface area contributed by atoms with Gasteiger partial charge in [-0.1, -0.05) is 75.7 Å². The van der Waals surface area contributed by atoms with E-state index < -0.39 is 126 Å². The Bertz CT molecular complexity index is 1620. The Balaban J connectivity index is 3.24. The fourth-order valence-electron chi connectivity index (χ4n) is 6.98. The maximum Gasteiger partial charge on any atom is 0.326 e. The summed E-state index contributed by atoms with van der Waals surface area (Å²) in [4.78, 5) is 132. The largest absolute Gasteiger partial charge is 0.480 e. The summed E-state index contributed by atoms with van der Waals surface area (Å²) in [5.74, 6) is -8.84. The van der Waals surface area contributed by atoms with Crippen molar-refractivity contribution in [1.29, 1.82) is 0 Å². The zero-order chi connectivity index (χ0) is 48.3. The number of rotatable bonds is 27. The van der Waals surface area contributed by atoms with Gasteiger partial charge in [0.25, 0.3) is 0 Å². The molecular weight excluding hydrogens is 821 g/mol.